The van der Waals surface area contributed by atoms with Crippen molar-refractivity contribution in [2.75, 3.05) is 13.2 Å². The molecule has 0 bridgehead atoms. The number of Topliss-reactive ketones (excluding diaryl/α,β-unsaturated/α-hetero) is 2. The summed E-state index contributed by atoms with van der Waals surface area (Å²) in [5.74, 6) is 0.817. The Morgan fingerprint density at radius 3 is 2.41 bits per heavy atom. The van der Waals surface area contributed by atoms with E-state index in [1.807, 2.05) is 0 Å². The van der Waals surface area contributed by atoms with E-state index in [9.17, 15) is 14.4 Å². The van der Waals surface area contributed by atoms with Crippen LogP contribution in [0.1, 0.15) is 80.1 Å². The van der Waals surface area contributed by atoms with Crippen LogP contribution in [0.5, 0.6) is 0 Å². The lowest BCUT2D eigenvalue weighted by molar-refractivity contribution is -0.251. The highest BCUT2D eigenvalue weighted by Crippen LogP contribution is 2.81. The zero-order valence-corrected chi connectivity index (χ0v) is 21.6. The van der Waals surface area contributed by atoms with Crippen LogP contribution in [0.3, 0.4) is 0 Å². The molecule has 0 radical (unpaired) electrons. The molecule has 1 spiro atoms. The number of fused-ring (bicyclic) bond motifs is 3. The van der Waals surface area contributed by atoms with Gasteiger partial charge in [0.25, 0.3) is 0 Å². The molecule has 0 aromatic carbocycles. The summed E-state index contributed by atoms with van der Waals surface area (Å²) in [7, 11) is 0. The van der Waals surface area contributed by atoms with Gasteiger partial charge in [0.2, 0.25) is 0 Å². The smallest absolute Gasteiger partial charge is 0.302 e. The summed E-state index contributed by atoms with van der Waals surface area (Å²) in [5.41, 5.74) is -1.88. The number of carbonyl (C=O) groups is 3. The predicted molar refractivity (Wildman–Crippen MR) is 124 cm³/mol. The third kappa shape index (κ3) is 2.38. The molecule has 0 N–H and O–H groups in total. The Kier molecular flexibility index (Phi) is 4.58. The van der Waals surface area contributed by atoms with Gasteiger partial charge in [0.05, 0.1) is 6.61 Å². The molecule has 2 saturated heterocycles. The normalized spacial score (nSPS) is 55.1. The molecule has 1 unspecified atom stereocenters. The summed E-state index contributed by atoms with van der Waals surface area (Å²) >= 11 is 0. The third-order valence-corrected chi connectivity index (χ3v) is 12.1. The van der Waals surface area contributed by atoms with Crippen LogP contribution in [-0.4, -0.2) is 48.6 Å². The Balaban J connectivity index is 1.49. The van der Waals surface area contributed by atoms with Crippen LogP contribution >= 0.6 is 0 Å². The van der Waals surface area contributed by atoms with Crippen LogP contribution < -0.4 is 0 Å². The van der Waals surface area contributed by atoms with Crippen LogP contribution in [0.2, 0.25) is 0 Å². The summed E-state index contributed by atoms with van der Waals surface area (Å²) in [6.45, 7) is 13.9. The molecule has 188 valence electrons. The van der Waals surface area contributed by atoms with Crippen molar-refractivity contribution >= 4 is 17.5 Å². The van der Waals surface area contributed by atoms with Crippen molar-refractivity contribution in [2.45, 2.75) is 97.9 Å². The molecule has 6 fully saturated rings. The van der Waals surface area contributed by atoms with E-state index in [1.54, 1.807) is 0 Å². The highest BCUT2D eigenvalue weighted by molar-refractivity contribution is 5.95. The minimum atomic E-state index is -0.604. The third-order valence-electron chi connectivity index (χ3n) is 12.1. The molecule has 34 heavy (non-hydrogen) atoms. The second kappa shape index (κ2) is 6.73. The Hall–Kier alpha value is -1.27. The summed E-state index contributed by atoms with van der Waals surface area (Å²) in [5, 5.41) is 0. The monoisotopic (exact) mass is 472 g/mol. The standard InChI is InChI=1S/C28H40O6/c1-15(29)33-20-13-18-24(2,3)19(30)8-10-25(18,4)17-7-11-26(5)21(16-9-12-32-14-16)22(31)23-28(26,34-23)27(17,20)6/h16-18,20-21,23H,7-14H2,1-6H3/t16?,17-,18+,20-,21-,23-,25-,26+,27+,28-/m1/s1. The SMILES string of the molecule is CC(=O)O[C@@H]1C[C@H]2C(C)(C)C(=O)CC[C@]2(C)[C@H]2CC[C@@]3(C)[C@H](C4CCOC4)C(=O)[C@H]4O[C@]43[C@@]21C. The molecular formula is C28H40O6. The number of carbonyl (C=O) groups excluding carboxylic acids is 3. The number of esters is 1. The maximum Gasteiger partial charge on any atom is 0.302 e. The van der Waals surface area contributed by atoms with Crippen LogP contribution in [0, 0.1) is 45.3 Å². The highest BCUT2D eigenvalue weighted by atomic mass is 16.6. The number of hydrogen-bond acceptors (Lipinski definition) is 6. The molecule has 6 rings (SSSR count). The molecule has 6 heteroatoms. The van der Waals surface area contributed by atoms with Crippen molar-refractivity contribution in [3.63, 3.8) is 0 Å². The quantitative estimate of drug-likeness (QED) is 0.444. The molecule has 4 saturated carbocycles. The second-order valence-electron chi connectivity index (χ2n) is 13.6. The van der Waals surface area contributed by atoms with Crippen molar-refractivity contribution in [1.29, 1.82) is 0 Å². The minimum Gasteiger partial charge on any atom is -0.462 e. The second-order valence-corrected chi connectivity index (χ2v) is 13.6. The lowest BCUT2D eigenvalue weighted by Crippen LogP contribution is -2.71. The van der Waals surface area contributed by atoms with Gasteiger partial charge >= 0.3 is 5.97 Å². The summed E-state index contributed by atoms with van der Waals surface area (Å²) in [4.78, 5) is 39.3. The molecule has 0 aromatic heterocycles. The fourth-order valence-electron chi connectivity index (χ4n) is 10.7. The first-order chi connectivity index (χ1) is 15.9. The first-order valence-electron chi connectivity index (χ1n) is 13.4. The van der Waals surface area contributed by atoms with Crippen LogP contribution in [0.15, 0.2) is 0 Å². The molecule has 6 aliphatic rings. The van der Waals surface area contributed by atoms with Gasteiger partial charge in [0.15, 0.2) is 5.78 Å². The number of rotatable bonds is 2. The molecule has 10 atom stereocenters. The lowest BCUT2D eigenvalue weighted by atomic mass is 9.35. The molecule has 4 aliphatic carbocycles. The lowest BCUT2D eigenvalue weighted by Gasteiger charge is -2.68. The van der Waals surface area contributed by atoms with Crippen molar-refractivity contribution in [2.24, 2.45) is 45.3 Å². The van der Waals surface area contributed by atoms with Gasteiger partial charge in [-0.15, -0.1) is 0 Å². The van der Waals surface area contributed by atoms with E-state index >= 15 is 0 Å². The average Bonchev–Trinajstić information content (AvgIpc) is 3.24. The van der Waals surface area contributed by atoms with E-state index < -0.39 is 22.5 Å². The Morgan fingerprint density at radius 1 is 1.03 bits per heavy atom. The number of hydrogen-bond donors (Lipinski definition) is 0. The number of ketones is 2. The van der Waals surface area contributed by atoms with E-state index in [0.717, 1.165) is 32.3 Å². The van der Waals surface area contributed by atoms with Crippen molar-refractivity contribution in [3.8, 4) is 0 Å². The molecule has 0 amide bonds. The Labute approximate surface area is 202 Å². The maximum atomic E-state index is 13.8. The molecular weight excluding hydrogens is 432 g/mol. The fourth-order valence-corrected chi connectivity index (χ4v) is 10.7. The summed E-state index contributed by atoms with van der Waals surface area (Å²) in [6, 6.07) is 0. The van der Waals surface area contributed by atoms with E-state index in [-0.39, 0.29) is 52.4 Å². The van der Waals surface area contributed by atoms with Crippen LogP contribution in [0.25, 0.3) is 0 Å². The number of ether oxygens (including phenoxy) is 3. The van der Waals surface area contributed by atoms with Crippen molar-refractivity contribution in [3.05, 3.63) is 0 Å². The zero-order valence-electron chi connectivity index (χ0n) is 21.6. The molecule has 0 aromatic rings. The first kappa shape index (κ1) is 23.1. The molecule has 2 heterocycles. The van der Waals surface area contributed by atoms with Gasteiger partial charge in [-0.1, -0.05) is 34.6 Å². The van der Waals surface area contributed by atoms with Gasteiger partial charge in [-0.25, -0.2) is 0 Å². The highest BCUT2D eigenvalue weighted by Gasteiger charge is 2.90. The van der Waals surface area contributed by atoms with E-state index in [0.29, 0.717) is 25.2 Å². The minimum absolute atomic E-state index is 0.0561. The first-order valence-corrected chi connectivity index (χ1v) is 13.4. The Morgan fingerprint density at radius 2 is 1.76 bits per heavy atom. The zero-order chi connectivity index (χ0) is 24.5. The fraction of sp³-hybridized carbons (Fsp3) is 0.893. The van der Waals surface area contributed by atoms with E-state index in [1.165, 1.54) is 6.92 Å². The number of epoxide rings is 1. The summed E-state index contributed by atoms with van der Waals surface area (Å²) < 4.78 is 18.5. The van der Waals surface area contributed by atoms with Gasteiger partial charge < -0.3 is 14.2 Å². The van der Waals surface area contributed by atoms with Crippen molar-refractivity contribution in [1.82, 2.24) is 0 Å². The van der Waals surface area contributed by atoms with Gasteiger partial charge in [-0.3, -0.25) is 14.4 Å². The van der Waals surface area contributed by atoms with Crippen LogP contribution in [-0.2, 0) is 28.6 Å². The van der Waals surface area contributed by atoms with Gasteiger partial charge in [-0.05, 0) is 55.3 Å². The summed E-state index contributed by atoms with van der Waals surface area (Å²) in [6.07, 6.45) is 4.16. The Bertz CT molecular complexity index is 966. The largest absolute Gasteiger partial charge is 0.462 e. The van der Waals surface area contributed by atoms with E-state index in [4.69, 9.17) is 14.2 Å². The van der Waals surface area contributed by atoms with E-state index in [2.05, 4.69) is 34.6 Å². The van der Waals surface area contributed by atoms with Gasteiger partial charge in [0.1, 0.15) is 23.6 Å². The average molecular weight is 473 g/mol. The predicted octanol–water partition coefficient (Wildman–Crippen LogP) is 4.13. The molecule has 2 aliphatic heterocycles. The van der Waals surface area contributed by atoms with Crippen LogP contribution in [0.4, 0.5) is 0 Å². The van der Waals surface area contributed by atoms with Gasteiger partial charge in [0, 0.05) is 42.1 Å². The van der Waals surface area contributed by atoms with Crippen molar-refractivity contribution < 1.29 is 28.6 Å². The molecule has 6 nitrogen and oxygen atoms in total. The maximum absolute atomic E-state index is 13.8. The topological polar surface area (TPSA) is 82.2 Å². The van der Waals surface area contributed by atoms with Gasteiger partial charge in [-0.2, -0.15) is 0 Å².